The quantitative estimate of drug-likeness (QED) is 0.160. The third-order valence-corrected chi connectivity index (χ3v) is 13.1. The predicted molar refractivity (Wildman–Crippen MR) is 272 cm³/mol. The Bertz CT molecular complexity index is 3700. The van der Waals surface area contributed by atoms with Gasteiger partial charge in [-0.1, -0.05) is 176 Å². The Morgan fingerprint density at radius 3 is 1.06 bits per heavy atom. The molecule has 0 saturated carbocycles. The minimum atomic E-state index is 0.891. The van der Waals surface area contributed by atoms with E-state index in [9.17, 15) is 0 Å². The molecule has 304 valence electrons. The molecule has 0 amide bonds. The summed E-state index contributed by atoms with van der Waals surface area (Å²) in [6, 6.07) is 84.6. The van der Waals surface area contributed by atoms with Crippen LogP contribution in [0.3, 0.4) is 0 Å². The number of hydrogen-bond donors (Lipinski definition) is 0. The van der Waals surface area contributed by atoms with Gasteiger partial charge in [0.25, 0.3) is 0 Å². The monoisotopic (exact) mass is 829 g/mol. The molecule has 2 heterocycles. The largest absolute Gasteiger partial charge is 0.455 e. The van der Waals surface area contributed by atoms with E-state index in [2.05, 4.69) is 241 Å². The molecule has 3 heteroatoms. The van der Waals surface area contributed by atoms with E-state index in [1.54, 1.807) is 0 Å². The second kappa shape index (κ2) is 15.0. The lowest BCUT2D eigenvalue weighted by atomic mass is 9.97. The highest BCUT2D eigenvalue weighted by Crippen LogP contribution is 2.44. The molecule has 0 aliphatic heterocycles. The Balaban J connectivity index is 0.897. The Labute approximate surface area is 375 Å². The molecule has 0 bridgehead atoms. The summed E-state index contributed by atoms with van der Waals surface area (Å²) in [5.41, 5.74) is 16.2. The van der Waals surface area contributed by atoms with Crippen molar-refractivity contribution in [1.29, 1.82) is 0 Å². The van der Waals surface area contributed by atoms with Gasteiger partial charge in [0.05, 0.1) is 0 Å². The van der Waals surface area contributed by atoms with Crippen LogP contribution >= 0.6 is 0 Å². The summed E-state index contributed by atoms with van der Waals surface area (Å²) < 4.78 is 13.1. The van der Waals surface area contributed by atoms with E-state index in [1.165, 1.54) is 33.0 Å². The zero-order chi connectivity index (χ0) is 42.8. The summed E-state index contributed by atoms with van der Waals surface area (Å²) in [6.45, 7) is 0. The second-order valence-electron chi connectivity index (χ2n) is 16.8. The van der Waals surface area contributed by atoms with E-state index < -0.39 is 0 Å². The number of benzene rings is 11. The van der Waals surface area contributed by atoms with Crippen molar-refractivity contribution in [3.8, 4) is 44.5 Å². The van der Waals surface area contributed by atoms with Gasteiger partial charge in [-0.15, -0.1) is 0 Å². The summed E-state index contributed by atoms with van der Waals surface area (Å²) in [7, 11) is 0. The van der Waals surface area contributed by atoms with E-state index in [4.69, 9.17) is 8.83 Å². The van der Waals surface area contributed by atoms with Crippen LogP contribution in [0.5, 0.6) is 0 Å². The molecule has 11 aromatic carbocycles. The minimum absolute atomic E-state index is 0.891. The molecule has 65 heavy (non-hydrogen) atoms. The molecule has 0 N–H and O–H groups in total. The van der Waals surface area contributed by atoms with Crippen LogP contribution in [0.2, 0.25) is 0 Å². The zero-order valence-corrected chi connectivity index (χ0v) is 35.3. The number of fused-ring (bicyclic) bond motifs is 10. The van der Waals surface area contributed by atoms with Gasteiger partial charge >= 0.3 is 0 Å². The molecule has 13 rings (SSSR count). The molecular weight excluding hydrogens is 791 g/mol. The first kappa shape index (κ1) is 36.9. The van der Waals surface area contributed by atoms with Crippen LogP contribution in [-0.4, -0.2) is 0 Å². The minimum Gasteiger partial charge on any atom is -0.455 e. The predicted octanol–water partition coefficient (Wildman–Crippen LogP) is 17.9. The fraction of sp³-hybridized carbons (Fsp3) is 0. The number of furan rings is 2. The molecule has 0 unspecified atom stereocenters. The number of nitrogens with zero attached hydrogens (tertiary/aromatic N) is 1. The molecular formula is C62H39NO2. The molecule has 13 aromatic rings. The van der Waals surface area contributed by atoms with E-state index in [1.807, 2.05) is 0 Å². The van der Waals surface area contributed by atoms with E-state index in [0.29, 0.717) is 0 Å². The maximum atomic E-state index is 6.56. The third-order valence-electron chi connectivity index (χ3n) is 13.1. The van der Waals surface area contributed by atoms with Gasteiger partial charge in [-0.25, -0.2) is 0 Å². The van der Waals surface area contributed by atoms with Gasteiger partial charge in [-0.2, -0.15) is 0 Å². The van der Waals surface area contributed by atoms with Gasteiger partial charge < -0.3 is 13.7 Å². The highest BCUT2D eigenvalue weighted by Gasteiger charge is 2.19. The normalized spacial score (nSPS) is 11.7. The molecule has 0 saturated heterocycles. The summed E-state index contributed by atoms with van der Waals surface area (Å²) >= 11 is 0. The first-order chi connectivity index (χ1) is 32.2. The van der Waals surface area contributed by atoms with Crippen LogP contribution in [0.15, 0.2) is 245 Å². The van der Waals surface area contributed by atoms with Crippen molar-refractivity contribution >= 4 is 82.5 Å². The van der Waals surface area contributed by atoms with Crippen molar-refractivity contribution in [2.75, 3.05) is 4.90 Å². The van der Waals surface area contributed by atoms with E-state index in [-0.39, 0.29) is 0 Å². The lowest BCUT2D eigenvalue weighted by Gasteiger charge is -2.26. The summed E-state index contributed by atoms with van der Waals surface area (Å²) in [6.07, 6.45) is 0. The van der Waals surface area contributed by atoms with Crippen molar-refractivity contribution in [3.05, 3.63) is 237 Å². The molecule has 0 radical (unpaired) electrons. The van der Waals surface area contributed by atoms with Crippen LogP contribution in [0, 0.1) is 0 Å². The molecule has 0 fully saturated rings. The van der Waals surface area contributed by atoms with Gasteiger partial charge in [0.15, 0.2) is 0 Å². The maximum Gasteiger partial charge on any atom is 0.143 e. The highest BCUT2D eigenvalue weighted by molar-refractivity contribution is 6.20. The van der Waals surface area contributed by atoms with E-state index >= 15 is 0 Å². The van der Waals surface area contributed by atoms with Crippen LogP contribution in [0.1, 0.15) is 0 Å². The number of rotatable bonds is 7. The second-order valence-corrected chi connectivity index (χ2v) is 16.8. The standard InChI is InChI=1S/C62H39NO2/c1-2-10-40(11-3-1)41-20-22-42(23-21-41)43-24-32-48(33-25-43)63(49-34-26-46(27-35-49)51-16-8-18-57-59(51)55-38-30-44-12-4-6-14-53(44)61(55)64-57)50-36-28-47(29-37-50)52-17-9-19-58-60(52)56-39-31-45-13-5-7-15-54(45)62(56)65-58/h1-39H. The fourth-order valence-electron chi connectivity index (χ4n) is 9.90. The topological polar surface area (TPSA) is 29.5 Å². The summed E-state index contributed by atoms with van der Waals surface area (Å²) in [5.74, 6) is 0. The van der Waals surface area contributed by atoms with Gasteiger partial charge in [-0.05, 0) is 116 Å². The molecule has 0 aliphatic carbocycles. The molecule has 0 atom stereocenters. The molecule has 3 nitrogen and oxygen atoms in total. The van der Waals surface area contributed by atoms with Crippen molar-refractivity contribution < 1.29 is 8.83 Å². The average Bonchev–Trinajstić information content (AvgIpc) is 3.97. The van der Waals surface area contributed by atoms with Crippen molar-refractivity contribution in [3.63, 3.8) is 0 Å². The molecule has 2 aromatic heterocycles. The van der Waals surface area contributed by atoms with Gasteiger partial charge in [0, 0.05) is 49.4 Å². The average molecular weight is 830 g/mol. The van der Waals surface area contributed by atoms with Gasteiger partial charge in [0.2, 0.25) is 0 Å². The first-order valence-electron chi connectivity index (χ1n) is 22.1. The maximum absolute atomic E-state index is 6.56. The van der Waals surface area contributed by atoms with Crippen LogP contribution < -0.4 is 4.90 Å². The zero-order valence-electron chi connectivity index (χ0n) is 35.3. The third kappa shape index (κ3) is 6.20. The Hall–Kier alpha value is -8.66. The van der Waals surface area contributed by atoms with Crippen molar-refractivity contribution in [2.24, 2.45) is 0 Å². The van der Waals surface area contributed by atoms with Crippen LogP contribution in [0.25, 0.3) is 110 Å². The van der Waals surface area contributed by atoms with Crippen LogP contribution in [-0.2, 0) is 0 Å². The summed E-state index contributed by atoms with van der Waals surface area (Å²) in [5, 5.41) is 9.12. The Morgan fingerprint density at radius 2 is 0.615 bits per heavy atom. The molecule has 0 spiro atoms. The first-order valence-corrected chi connectivity index (χ1v) is 22.1. The summed E-state index contributed by atoms with van der Waals surface area (Å²) in [4.78, 5) is 2.34. The Kier molecular flexibility index (Phi) is 8.53. The van der Waals surface area contributed by atoms with Crippen molar-refractivity contribution in [2.45, 2.75) is 0 Å². The Morgan fingerprint density at radius 1 is 0.246 bits per heavy atom. The van der Waals surface area contributed by atoms with Crippen molar-refractivity contribution in [1.82, 2.24) is 0 Å². The lowest BCUT2D eigenvalue weighted by Crippen LogP contribution is -2.09. The SMILES string of the molecule is c1ccc(-c2ccc(-c3ccc(N(c4ccc(-c5cccc6oc7c8ccccc8ccc7c56)cc4)c4ccc(-c5cccc6oc7c8ccccc8ccc7c56)cc4)cc3)cc2)cc1. The lowest BCUT2D eigenvalue weighted by molar-refractivity contribution is 0.672. The highest BCUT2D eigenvalue weighted by atomic mass is 16.3. The van der Waals surface area contributed by atoms with Gasteiger partial charge in [-0.3, -0.25) is 0 Å². The van der Waals surface area contributed by atoms with Crippen LogP contribution in [0.4, 0.5) is 17.1 Å². The number of anilines is 3. The smallest absolute Gasteiger partial charge is 0.143 e. The molecule has 0 aliphatic rings. The number of hydrogen-bond acceptors (Lipinski definition) is 3. The fourth-order valence-corrected chi connectivity index (χ4v) is 9.90. The van der Waals surface area contributed by atoms with Gasteiger partial charge in [0.1, 0.15) is 22.3 Å². The van der Waals surface area contributed by atoms with E-state index in [0.717, 1.165) is 94.0 Å².